The van der Waals surface area contributed by atoms with E-state index in [1.807, 2.05) is 24.0 Å². The normalized spacial score (nSPS) is 12.0. The van der Waals surface area contributed by atoms with Crippen LogP contribution in [0.2, 0.25) is 0 Å². The first-order chi connectivity index (χ1) is 12.6. The van der Waals surface area contributed by atoms with Gasteiger partial charge in [-0.1, -0.05) is 12.1 Å². The number of aromatic amines is 1. The number of rotatable bonds is 8. The van der Waals surface area contributed by atoms with E-state index in [-0.39, 0.29) is 0 Å². The van der Waals surface area contributed by atoms with E-state index in [1.165, 1.54) is 21.4 Å². The van der Waals surface area contributed by atoms with E-state index < -0.39 is 0 Å². The van der Waals surface area contributed by atoms with Crippen LogP contribution >= 0.6 is 11.8 Å². The molecule has 0 fully saturated rings. The van der Waals surface area contributed by atoms with Gasteiger partial charge in [0.1, 0.15) is 0 Å². The molecule has 26 heavy (non-hydrogen) atoms. The summed E-state index contributed by atoms with van der Waals surface area (Å²) in [6, 6.07) is 13.8. The SMILES string of the molecule is CC(C)N(CCc1c[nH]c2cccc(SCc3ccccn3)c12)C(C)C. The molecule has 1 aromatic carbocycles. The predicted octanol–water partition coefficient (Wildman–Crippen LogP) is 5.52. The van der Waals surface area contributed by atoms with E-state index >= 15 is 0 Å². The fourth-order valence-corrected chi connectivity index (χ4v) is 4.57. The van der Waals surface area contributed by atoms with Crippen LogP contribution in [0.1, 0.15) is 39.0 Å². The van der Waals surface area contributed by atoms with Gasteiger partial charge in [-0.3, -0.25) is 9.88 Å². The number of H-pyrrole nitrogens is 1. The van der Waals surface area contributed by atoms with Gasteiger partial charge in [-0.15, -0.1) is 11.8 Å². The van der Waals surface area contributed by atoms with E-state index in [0.29, 0.717) is 12.1 Å². The second-order valence-corrected chi connectivity index (χ2v) is 8.29. The Morgan fingerprint density at radius 1 is 1.04 bits per heavy atom. The minimum absolute atomic E-state index is 0.568. The Kier molecular flexibility index (Phi) is 6.38. The third-order valence-corrected chi connectivity index (χ3v) is 5.91. The highest BCUT2D eigenvalue weighted by Gasteiger charge is 2.15. The topological polar surface area (TPSA) is 31.9 Å². The van der Waals surface area contributed by atoms with Crippen molar-refractivity contribution in [1.82, 2.24) is 14.9 Å². The number of benzene rings is 1. The van der Waals surface area contributed by atoms with E-state index in [0.717, 1.165) is 24.4 Å². The van der Waals surface area contributed by atoms with Crippen molar-refractivity contribution in [3.8, 4) is 0 Å². The minimum Gasteiger partial charge on any atom is -0.361 e. The molecule has 0 amide bonds. The monoisotopic (exact) mass is 367 g/mol. The highest BCUT2D eigenvalue weighted by molar-refractivity contribution is 7.98. The van der Waals surface area contributed by atoms with Crippen LogP contribution in [-0.2, 0) is 12.2 Å². The molecule has 4 heteroatoms. The van der Waals surface area contributed by atoms with Gasteiger partial charge in [0.25, 0.3) is 0 Å². The summed E-state index contributed by atoms with van der Waals surface area (Å²) in [4.78, 5) is 11.8. The highest BCUT2D eigenvalue weighted by Crippen LogP contribution is 2.32. The first kappa shape index (κ1) is 19.0. The van der Waals surface area contributed by atoms with Crippen LogP contribution in [0.4, 0.5) is 0 Å². The summed E-state index contributed by atoms with van der Waals surface area (Å²) in [5.41, 5.74) is 3.76. The lowest BCUT2D eigenvalue weighted by atomic mass is 10.1. The predicted molar refractivity (Wildman–Crippen MR) is 113 cm³/mol. The zero-order chi connectivity index (χ0) is 18.5. The van der Waals surface area contributed by atoms with Crippen LogP contribution < -0.4 is 0 Å². The summed E-state index contributed by atoms with van der Waals surface area (Å²) < 4.78 is 0. The van der Waals surface area contributed by atoms with Gasteiger partial charge in [-0.05, 0) is 63.9 Å². The molecule has 3 rings (SSSR count). The van der Waals surface area contributed by atoms with Crippen LogP contribution in [0.3, 0.4) is 0 Å². The molecule has 0 saturated carbocycles. The number of fused-ring (bicyclic) bond motifs is 1. The van der Waals surface area contributed by atoms with Crippen LogP contribution in [0.25, 0.3) is 10.9 Å². The molecular formula is C22H29N3S. The van der Waals surface area contributed by atoms with Gasteiger partial charge in [-0.25, -0.2) is 0 Å². The summed E-state index contributed by atoms with van der Waals surface area (Å²) >= 11 is 1.87. The summed E-state index contributed by atoms with van der Waals surface area (Å²) in [5, 5.41) is 1.38. The summed E-state index contributed by atoms with van der Waals surface area (Å²) in [6.45, 7) is 10.2. The standard InChI is InChI=1S/C22H29N3S/c1-16(2)25(17(3)4)13-11-18-14-24-20-9-7-10-21(22(18)20)26-15-19-8-5-6-12-23-19/h5-10,12,14,16-17,24H,11,13,15H2,1-4H3. The Balaban J connectivity index is 1.79. The van der Waals surface area contributed by atoms with Crippen molar-refractivity contribution in [2.75, 3.05) is 6.54 Å². The quantitative estimate of drug-likeness (QED) is 0.532. The Bertz CT molecular complexity index is 816. The smallest absolute Gasteiger partial charge is 0.0506 e. The molecule has 0 unspecified atom stereocenters. The number of aromatic nitrogens is 2. The molecule has 3 aromatic rings. The molecule has 0 aliphatic rings. The lowest BCUT2D eigenvalue weighted by Crippen LogP contribution is -2.38. The highest BCUT2D eigenvalue weighted by atomic mass is 32.2. The molecule has 3 nitrogen and oxygen atoms in total. The molecule has 0 radical (unpaired) electrons. The first-order valence-electron chi connectivity index (χ1n) is 9.43. The number of nitrogens with one attached hydrogen (secondary N) is 1. The van der Waals surface area contributed by atoms with Crippen molar-refractivity contribution in [2.45, 2.75) is 56.8 Å². The lowest BCUT2D eigenvalue weighted by Gasteiger charge is -2.30. The van der Waals surface area contributed by atoms with Gasteiger partial charge in [-0.2, -0.15) is 0 Å². The van der Waals surface area contributed by atoms with Crippen LogP contribution in [0.15, 0.2) is 53.7 Å². The molecule has 0 saturated heterocycles. The Morgan fingerprint density at radius 3 is 2.54 bits per heavy atom. The average Bonchev–Trinajstić information content (AvgIpc) is 3.04. The van der Waals surface area contributed by atoms with Gasteiger partial charge < -0.3 is 4.98 Å². The van der Waals surface area contributed by atoms with Gasteiger partial charge >= 0.3 is 0 Å². The molecule has 0 aliphatic heterocycles. The van der Waals surface area contributed by atoms with Crippen molar-refractivity contribution in [1.29, 1.82) is 0 Å². The Labute approximate surface area is 161 Å². The number of hydrogen-bond donors (Lipinski definition) is 1. The molecule has 2 aromatic heterocycles. The van der Waals surface area contributed by atoms with E-state index in [9.17, 15) is 0 Å². The number of hydrogen-bond acceptors (Lipinski definition) is 3. The molecule has 1 N–H and O–H groups in total. The summed E-state index contributed by atoms with van der Waals surface area (Å²) in [7, 11) is 0. The summed E-state index contributed by atoms with van der Waals surface area (Å²) in [5.74, 6) is 0.898. The van der Waals surface area contributed by atoms with Gasteiger partial charge in [0, 0.05) is 52.6 Å². The maximum Gasteiger partial charge on any atom is 0.0506 e. The van der Waals surface area contributed by atoms with Crippen LogP contribution in [-0.4, -0.2) is 33.5 Å². The molecule has 0 aliphatic carbocycles. The lowest BCUT2D eigenvalue weighted by molar-refractivity contribution is 0.177. The van der Waals surface area contributed by atoms with Gasteiger partial charge in [0.05, 0.1) is 5.69 Å². The fourth-order valence-electron chi connectivity index (χ4n) is 3.53. The van der Waals surface area contributed by atoms with Crippen LogP contribution in [0, 0.1) is 0 Å². The molecule has 0 bridgehead atoms. The number of thioether (sulfide) groups is 1. The van der Waals surface area contributed by atoms with Gasteiger partial charge in [0.15, 0.2) is 0 Å². The van der Waals surface area contributed by atoms with Crippen molar-refractivity contribution in [3.05, 3.63) is 60.0 Å². The summed E-state index contributed by atoms with van der Waals surface area (Å²) in [6.07, 6.45) is 5.12. The third kappa shape index (κ3) is 4.49. The van der Waals surface area contributed by atoms with Crippen molar-refractivity contribution in [2.24, 2.45) is 0 Å². The maximum absolute atomic E-state index is 4.45. The second-order valence-electron chi connectivity index (χ2n) is 7.28. The number of pyridine rings is 1. The Hall–Kier alpha value is -1.78. The largest absolute Gasteiger partial charge is 0.361 e. The minimum atomic E-state index is 0.568. The zero-order valence-corrected chi connectivity index (χ0v) is 17.0. The van der Waals surface area contributed by atoms with E-state index in [1.54, 1.807) is 0 Å². The zero-order valence-electron chi connectivity index (χ0n) is 16.2. The maximum atomic E-state index is 4.45. The van der Waals surface area contributed by atoms with Crippen LogP contribution in [0.5, 0.6) is 0 Å². The first-order valence-corrected chi connectivity index (χ1v) is 10.4. The van der Waals surface area contributed by atoms with Gasteiger partial charge in [0.2, 0.25) is 0 Å². The van der Waals surface area contributed by atoms with Crippen molar-refractivity contribution < 1.29 is 0 Å². The van der Waals surface area contributed by atoms with Crippen molar-refractivity contribution in [3.63, 3.8) is 0 Å². The molecule has 2 heterocycles. The van der Waals surface area contributed by atoms with Crippen molar-refractivity contribution >= 4 is 22.7 Å². The fraction of sp³-hybridized carbons (Fsp3) is 0.409. The molecule has 0 spiro atoms. The Morgan fingerprint density at radius 2 is 1.85 bits per heavy atom. The average molecular weight is 368 g/mol. The molecular weight excluding hydrogens is 338 g/mol. The number of nitrogens with zero attached hydrogens (tertiary/aromatic N) is 2. The van der Waals surface area contributed by atoms with E-state index in [2.05, 4.69) is 79.1 Å². The molecule has 0 atom stereocenters. The third-order valence-electron chi connectivity index (χ3n) is 4.82. The second kappa shape index (κ2) is 8.74. The molecule has 138 valence electrons. The van der Waals surface area contributed by atoms with E-state index in [4.69, 9.17) is 0 Å².